The third-order valence-corrected chi connectivity index (χ3v) is 0. The number of hydrogen-bond acceptors (Lipinski definition) is 2. The minimum atomic E-state index is -0.833. The van der Waals surface area contributed by atoms with Crippen molar-refractivity contribution in [1.82, 2.24) is 0 Å². The molecule has 0 bridgehead atoms. The minimum Gasteiger partial charge on any atom is -0.481 e. The minimum absolute atomic E-state index is 0.194. The number of halogens is 2. The van der Waals surface area contributed by atoms with E-state index in [2.05, 4.69) is 0 Å². The van der Waals surface area contributed by atoms with E-state index in [1.54, 1.807) is 0 Å². The normalized spacial score (nSPS) is 5.44. The molecule has 0 fully saturated rings. The lowest BCUT2D eigenvalue weighted by molar-refractivity contribution is -0.134. The fourth-order valence-corrected chi connectivity index (χ4v) is 0. The second-order valence-electron chi connectivity index (χ2n) is 0.620. The van der Waals surface area contributed by atoms with Gasteiger partial charge in [-0.1, -0.05) is 0 Å². The second-order valence-corrected chi connectivity index (χ2v) is 1.43. The number of aliphatic hydroxyl groups is 1. The smallest absolute Gasteiger partial charge is 0.300 e. The van der Waals surface area contributed by atoms with Crippen LogP contribution in [-0.2, 0) is 4.79 Å². The fourth-order valence-electron chi connectivity index (χ4n) is 0. The molecule has 0 radical (unpaired) electrons. The Bertz CT molecular complexity index is 45.1. The highest BCUT2D eigenvalue weighted by molar-refractivity contribution is 6.40. The van der Waals surface area contributed by atoms with Crippen LogP contribution in [-0.4, -0.2) is 28.6 Å². The lowest BCUT2D eigenvalue weighted by Gasteiger charge is -1.59. The molecule has 9 heavy (non-hydrogen) atoms. The van der Waals surface area contributed by atoms with Crippen LogP contribution in [0.5, 0.6) is 0 Å². The number of carbonyl (C=O) groups is 1. The summed E-state index contributed by atoms with van der Waals surface area (Å²) < 4.78 is 0. The maximum absolute atomic E-state index is 9.00. The average molecular weight is 177 g/mol. The SMILES string of the molecule is CC(=O)O.CO.ClCCl. The summed E-state index contributed by atoms with van der Waals surface area (Å²) in [6.07, 6.45) is 0. The number of alkyl halides is 2. The van der Waals surface area contributed by atoms with Crippen LogP contribution in [0.3, 0.4) is 0 Å². The lowest BCUT2D eigenvalue weighted by Crippen LogP contribution is -1.78. The summed E-state index contributed by atoms with van der Waals surface area (Å²) in [5.74, 6) is -0.833. The van der Waals surface area contributed by atoms with E-state index in [1.807, 2.05) is 0 Å². The van der Waals surface area contributed by atoms with Gasteiger partial charge in [-0.25, -0.2) is 0 Å². The van der Waals surface area contributed by atoms with Gasteiger partial charge >= 0.3 is 0 Å². The summed E-state index contributed by atoms with van der Waals surface area (Å²) in [7, 11) is 1.00. The predicted molar refractivity (Wildman–Crippen MR) is 38.0 cm³/mol. The molecule has 0 aromatic rings. The maximum atomic E-state index is 9.00. The molecule has 3 nitrogen and oxygen atoms in total. The molecule has 58 valence electrons. The first-order valence-corrected chi connectivity index (χ1v) is 2.98. The molecule has 0 unspecified atom stereocenters. The van der Waals surface area contributed by atoms with Gasteiger partial charge in [-0.15, -0.1) is 23.2 Å². The summed E-state index contributed by atoms with van der Waals surface area (Å²) in [5, 5.41) is 14.6. The van der Waals surface area contributed by atoms with Crippen molar-refractivity contribution in [1.29, 1.82) is 0 Å². The molecule has 0 rings (SSSR count). The quantitative estimate of drug-likeness (QED) is 0.545. The molecular weight excluding hydrogens is 167 g/mol. The van der Waals surface area contributed by atoms with Crippen LogP contribution in [0.25, 0.3) is 0 Å². The summed E-state index contributed by atoms with van der Waals surface area (Å²) in [5.41, 5.74) is 0. The van der Waals surface area contributed by atoms with Crippen molar-refractivity contribution in [3.05, 3.63) is 0 Å². The van der Waals surface area contributed by atoms with Crippen molar-refractivity contribution in [2.75, 3.05) is 12.4 Å². The molecule has 0 aromatic carbocycles. The van der Waals surface area contributed by atoms with Gasteiger partial charge in [-0.2, -0.15) is 0 Å². The largest absolute Gasteiger partial charge is 0.481 e. The molecule has 0 spiro atoms. The highest BCUT2D eigenvalue weighted by atomic mass is 35.5. The molecule has 0 atom stereocenters. The Balaban J connectivity index is -0.0000000646. The van der Waals surface area contributed by atoms with Gasteiger partial charge in [0.25, 0.3) is 5.97 Å². The molecule has 0 aliphatic heterocycles. The Morgan fingerprint density at radius 1 is 1.44 bits per heavy atom. The van der Waals surface area contributed by atoms with E-state index >= 15 is 0 Å². The molecule has 5 heteroatoms. The number of carboxylic acids is 1. The van der Waals surface area contributed by atoms with Crippen LogP contribution in [0.2, 0.25) is 0 Å². The highest BCUT2D eigenvalue weighted by Gasteiger charge is 1.65. The van der Waals surface area contributed by atoms with Crippen LogP contribution in [0.15, 0.2) is 0 Å². The maximum Gasteiger partial charge on any atom is 0.300 e. The number of aliphatic hydroxyl groups excluding tert-OH is 1. The molecule has 0 amide bonds. The average Bonchev–Trinajstić information content (AvgIpc) is 1.71. The van der Waals surface area contributed by atoms with E-state index in [1.165, 1.54) is 0 Å². The summed E-state index contributed by atoms with van der Waals surface area (Å²) >= 11 is 9.53. The Morgan fingerprint density at radius 3 is 1.44 bits per heavy atom. The van der Waals surface area contributed by atoms with Crippen molar-refractivity contribution >= 4 is 29.2 Å². The molecule has 0 aliphatic carbocycles. The van der Waals surface area contributed by atoms with Gasteiger partial charge in [-0.05, 0) is 0 Å². The van der Waals surface area contributed by atoms with Crippen molar-refractivity contribution in [3.8, 4) is 0 Å². The topological polar surface area (TPSA) is 57.5 Å². The van der Waals surface area contributed by atoms with E-state index in [4.69, 9.17) is 38.2 Å². The van der Waals surface area contributed by atoms with Crippen LogP contribution in [0.4, 0.5) is 0 Å². The van der Waals surface area contributed by atoms with Gasteiger partial charge in [-0.3, -0.25) is 4.79 Å². The monoisotopic (exact) mass is 176 g/mol. The van der Waals surface area contributed by atoms with E-state index in [0.29, 0.717) is 0 Å². The Morgan fingerprint density at radius 2 is 1.44 bits per heavy atom. The first-order chi connectivity index (χ1) is 4.15. The third kappa shape index (κ3) is 2890000. The van der Waals surface area contributed by atoms with E-state index in [0.717, 1.165) is 14.0 Å². The Hall–Kier alpha value is 0.01000. The molecule has 0 saturated heterocycles. The second kappa shape index (κ2) is 24.5. The van der Waals surface area contributed by atoms with Crippen LogP contribution < -0.4 is 0 Å². The number of aliphatic carboxylic acids is 1. The zero-order valence-electron chi connectivity index (χ0n) is 5.27. The Labute approximate surface area is 64.2 Å². The Kier molecular flexibility index (Phi) is 43.5. The van der Waals surface area contributed by atoms with E-state index < -0.39 is 5.97 Å². The van der Waals surface area contributed by atoms with Crippen molar-refractivity contribution in [3.63, 3.8) is 0 Å². The van der Waals surface area contributed by atoms with Crippen LogP contribution in [0, 0.1) is 0 Å². The van der Waals surface area contributed by atoms with E-state index in [9.17, 15) is 0 Å². The molecule has 0 heterocycles. The fraction of sp³-hybridized carbons (Fsp3) is 0.750. The summed E-state index contributed by atoms with van der Waals surface area (Å²) in [4.78, 5) is 9.00. The van der Waals surface area contributed by atoms with Crippen molar-refractivity contribution in [2.24, 2.45) is 0 Å². The van der Waals surface area contributed by atoms with Gasteiger partial charge in [0.2, 0.25) is 0 Å². The number of carboxylic acid groups (broad SMARTS) is 1. The van der Waals surface area contributed by atoms with Crippen LogP contribution >= 0.6 is 23.2 Å². The van der Waals surface area contributed by atoms with E-state index in [-0.39, 0.29) is 5.34 Å². The van der Waals surface area contributed by atoms with Gasteiger partial charge in [0.05, 0.1) is 5.34 Å². The van der Waals surface area contributed by atoms with Crippen molar-refractivity contribution < 1.29 is 15.0 Å². The molecular formula is C4H10Cl2O3. The number of rotatable bonds is 0. The molecule has 0 aromatic heterocycles. The number of hydrogen-bond donors (Lipinski definition) is 2. The predicted octanol–water partition coefficient (Wildman–Crippen LogP) is 1.12. The standard InChI is InChI=1S/C2H4O2.CH2Cl2.CH4O/c1-2(3)4;2-1-3;1-2/h1H3,(H,3,4);1H2;2H,1H3. The lowest BCUT2D eigenvalue weighted by atomic mass is 10.9. The van der Waals surface area contributed by atoms with Gasteiger partial charge < -0.3 is 10.2 Å². The highest BCUT2D eigenvalue weighted by Crippen LogP contribution is 1.73. The zero-order valence-corrected chi connectivity index (χ0v) is 6.78. The van der Waals surface area contributed by atoms with Gasteiger partial charge in [0.15, 0.2) is 0 Å². The zero-order chi connectivity index (χ0) is 8.28. The van der Waals surface area contributed by atoms with Crippen molar-refractivity contribution in [2.45, 2.75) is 6.92 Å². The molecule has 2 N–H and O–H groups in total. The molecule has 0 saturated carbocycles. The first-order valence-electron chi connectivity index (χ1n) is 1.91. The summed E-state index contributed by atoms with van der Waals surface area (Å²) in [6.45, 7) is 1.08. The first kappa shape index (κ1) is 16.0. The molecule has 0 aliphatic rings. The summed E-state index contributed by atoms with van der Waals surface area (Å²) in [6, 6.07) is 0. The van der Waals surface area contributed by atoms with Crippen LogP contribution in [0.1, 0.15) is 6.92 Å². The van der Waals surface area contributed by atoms with Gasteiger partial charge in [0, 0.05) is 14.0 Å². The van der Waals surface area contributed by atoms with Gasteiger partial charge in [0.1, 0.15) is 0 Å². The third-order valence-electron chi connectivity index (χ3n) is 0.